The highest BCUT2D eigenvalue weighted by molar-refractivity contribution is 7.71. The average molecular weight is 209 g/mol. The Balaban J connectivity index is 2.91. The average Bonchev–Trinajstić information content (AvgIpc) is 2.42. The molecule has 5 nitrogen and oxygen atoms in total. The summed E-state index contributed by atoms with van der Waals surface area (Å²) in [4.78, 5) is 4.36. The summed E-state index contributed by atoms with van der Waals surface area (Å²) in [5.41, 5.74) is 1.57. The molecule has 0 bridgehead atoms. The van der Waals surface area contributed by atoms with Gasteiger partial charge in [0.25, 0.3) is 0 Å². The van der Waals surface area contributed by atoms with Gasteiger partial charge in [0.2, 0.25) is 0 Å². The van der Waals surface area contributed by atoms with E-state index < -0.39 is 0 Å². The molecule has 14 heavy (non-hydrogen) atoms. The number of aryl methyl sites for hydroxylation is 1. The first-order valence-electron chi connectivity index (χ1n) is 4.41. The van der Waals surface area contributed by atoms with Crippen molar-refractivity contribution in [3.8, 4) is 0 Å². The molecule has 0 saturated carbocycles. The van der Waals surface area contributed by atoms with Crippen molar-refractivity contribution in [1.82, 2.24) is 25.0 Å². The quantitative estimate of drug-likeness (QED) is 0.727. The molecule has 0 aromatic carbocycles. The van der Waals surface area contributed by atoms with Crippen LogP contribution in [0.2, 0.25) is 0 Å². The fourth-order valence-corrected chi connectivity index (χ4v) is 1.78. The molecule has 0 unspecified atom stereocenters. The Labute approximate surface area is 86.2 Å². The summed E-state index contributed by atoms with van der Waals surface area (Å²) in [5, 5.41) is 10.3. The lowest BCUT2D eigenvalue weighted by Crippen LogP contribution is -2.04. The first kappa shape index (κ1) is 9.26. The van der Waals surface area contributed by atoms with E-state index in [1.54, 1.807) is 0 Å². The molecule has 2 aromatic heterocycles. The van der Waals surface area contributed by atoms with E-state index in [0.29, 0.717) is 10.7 Å². The molecular weight excluding hydrogens is 198 g/mol. The second-order valence-electron chi connectivity index (χ2n) is 3.44. The number of nitrogens with zero attached hydrogens (tertiary/aromatic N) is 4. The maximum Gasteiger partial charge on any atom is 0.180 e. The fourth-order valence-electron chi connectivity index (χ4n) is 1.60. The maximum absolute atomic E-state index is 5.04. The van der Waals surface area contributed by atoms with E-state index in [2.05, 4.69) is 38.8 Å². The summed E-state index contributed by atoms with van der Waals surface area (Å²) in [6.45, 7) is 6.12. The molecule has 0 spiro atoms. The zero-order chi connectivity index (χ0) is 10.3. The van der Waals surface area contributed by atoms with Gasteiger partial charge in [-0.05, 0) is 20.8 Å². The van der Waals surface area contributed by atoms with Gasteiger partial charge in [-0.25, -0.2) is 10.1 Å². The van der Waals surface area contributed by atoms with Crippen molar-refractivity contribution < 1.29 is 0 Å². The third-order valence-corrected chi connectivity index (χ3v) is 2.38. The van der Waals surface area contributed by atoms with Gasteiger partial charge in [-0.2, -0.15) is 0 Å². The van der Waals surface area contributed by atoms with E-state index >= 15 is 0 Å². The number of imidazole rings is 1. The summed E-state index contributed by atoms with van der Waals surface area (Å²) in [7, 11) is 0. The van der Waals surface area contributed by atoms with E-state index in [-0.39, 0.29) is 0 Å². The highest BCUT2D eigenvalue weighted by atomic mass is 32.1. The van der Waals surface area contributed by atoms with Crippen molar-refractivity contribution in [3.63, 3.8) is 0 Å². The van der Waals surface area contributed by atoms with Crippen LogP contribution in [-0.2, 0) is 0 Å². The van der Waals surface area contributed by atoms with Crippen LogP contribution in [0.4, 0.5) is 0 Å². The van der Waals surface area contributed by atoms with Crippen LogP contribution in [0, 0.1) is 11.6 Å². The van der Waals surface area contributed by atoms with Crippen LogP contribution in [0.5, 0.6) is 0 Å². The van der Waals surface area contributed by atoms with Crippen LogP contribution >= 0.6 is 12.2 Å². The van der Waals surface area contributed by atoms with Crippen molar-refractivity contribution in [2.45, 2.75) is 26.8 Å². The van der Waals surface area contributed by atoms with Crippen molar-refractivity contribution >= 4 is 23.4 Å². The summed E-state index contributed by atoms with van der Waals surface area (Å²) in [6.07, 6.45) is 0. The Hall–Kier alpha value is -1.30. The number of aromatic amines is 1. The number of fused-ring (bicyclic) bond motifs is 1. The van der Waals surface area contributed by atoms with Gasteiger partial charge in [-0.1, -0.05) is 17.4 Å². The van der Waals surface area contributed by atoms with E-state index in [4.69, 9.17) is 12.2 Å². The Kier molecular flexibility index (Phi) is 2.07. The van der Waals surface area contributed by atoms with E-state index in [1.165, 1.54) is 0 Å². The van der Waals surface area contributed by atoms with Gasteiger partial charge in [0.1, 0.15) is 11.3 Å². The molecule has 0 saturated heterocycles. The first-order valence-corrected chi connectivity index (χ1v) is 4.82. The van der Waals surface area contributed by atoms with Crippen molar-refractivity contribution in [1.29, 1.82) is 0 Å². The minimum Gasteiger partial charge on any atom is -0.311 e. The molecule has 6 heteroatoms. The zero-order valence-electron chi connectivity index (χ0n) is 8.27. The third kappa shape index (κ3) is 1.22. The van der Waals surface area contributed by atoms with Gasteiger partial charge >= 0.3 is 0 Å². The number of aromatic nitrogens is 5. The molecule has 0 amide bonds. The highest BCUT2D eigenvalue weighted by Gasteiger charge is 2.11. The van der Waals surface area contributed by atoms with Crippen LogP contribution in [0.15, 0.2) is 0 Å². The molecule has 2 heterocycles. The number of hydrogen-bond donors (Lipinski definition) is 1. The number of rotatable bonds is 1. The molecule has 2 rings (SSSR count). The largest absolute Gasteiger partial charge is 0.311 e. The topological polar surface area (TPSA) is 59.4 Å². The van der Waals surface area contributed by atoms with Crippen molar-refractivity contribution in [2.75, 3.05) is 0 Å². The Bertz CT molecular complexity index is 524. The molecule has 0 aliphatic rings. The van der Waals surface area contributed by atoms with Crippen LogP contribution in [-0.4, -0.2) is 25.0 Å². The first-order chi connectivity index (χ1) is 6.61. The van der Waals surface area contributed by atoms with Crippen LogP contribution in [0.1, 0.15) is 25.7 Å². The van der Waals surface area contributed by atoms with Gasteiger partial charge in [0.15, 0.2) is 10.3 Å². The summed E-state index contributed by atoms with van der Waals surface area (Å²) in [5.74, 6) is 0.923. The molecule has 0 aliphatic heterocycles. The maximum atomic E-state index is 5.04. The minimum absolute atomic E-state index is 0.329. The summed E-state index contributed by atoms with van der Waals surface area (Å²) in [6, 6.07) is 0.329. The molecule has 0 radical (unpaired) electrons. The summed E-state index contributed by atoms with van der Waals surface area (Å²) >= 11 is 5.04. The highest BCUT2D eigenvalue weighted by Crippen LogP contribution is 2.17. The Morgan fingerprint density at radius 2 is 2.14 bits per heavy atom. The monoisotopic (exact) mass is 209 g/mol. The van der Waals surface area contributed by atoms with E-state index in [9.17, 15) is 0 Å². The standard InChI is InChI=1S/C8H11N5S/c1-4(2)13-5(3)9-6-7(13)10-12-11-8(6)14/h4H,1-3H3,(H,10,11,14). The second-order valence-corrected chi connectivity index (χ2v) is 3.82. The van der Waals surface area contributed by atoms with Gasteiger partial charge in [0, 0.05) is 6.04 Å². The lowest BCUT2D eigenvalue weighted by molar-refractivity contribution is 0.592. The Morgan fingerprint density at radius 1 is 1.43 bits per heavy atom. The second kappa shape index (κ2) is 3.13. The number of hydrogen-bond acceptors (Lipinski definition) is 4. The van der Waals surface area contributed by atoms with Crippen LogP contribution < -0.4 is 0 Å². The molecule has 74 valence electrons. The number of H-pyrrole nitrogens is 1. The zero-order valence-corrected chi connectivity index (χ0v) is 9.09. The van der Waals surface area contributed by atoms with Gasteiger partial charge < -0.3 is 4.57 Å². The predicted molar refractivity (Wildman–Crippen MR) is 55.6 cm³/mol. The lowest BCUT2D eigenvalue weighted by Gasteiger charge is -2.09. The normalized spacial score (nSPS) is 11.4. The molecular formula is C8H11N5S. The minimum atomic E-state index is 0.329. The molecule has 2 aromatic rings. The SMILES string of the molecule is Cc1nc2c(=S)nn[nH]c2n1C(C)C. The smallest absolute Gasteiger partial charge is 0.180 e. The van der Waals surface area contributed by atoms with Crippen LogP contribution in [0.25, 0.3) is 11.2 Å². The predicted octanol–water partition coefficient (Wildman–Crippen LogP) is 1.77. The van der Waals surface area contributed by atoms with E-state index in [0.717, 1.165) is 17.0 Å². The van der Waals surface area contributed by atoms with Crippen molar-refractivity contribution in [3.05, 3.63) is 10.5 Å². The summed E-state index contributed by atoms with van der Waals surface area (Å²) < 4.78 is 2.50. The van der Waals surface area contributed by atoms with Gasteiger partial charge in [-0.3, -0.25) is 0 Å². The van der Waals surface area contributed by atoms with Crippen LogP contribution in [0.3, 0.4) is 0 Å². The molecule has 0 aliphatic carbocycles. The van der Waals surface area contributed by atoms with E-state index in [1.807, 2.05) is 6.92 Å². The number of nitrogens with one attached hydrogen (secondary N) is 1. The molecule has 0 fully saturated rings. The molecule has 1 N–H and O–H groups in total. The van der Waals surface area contributed by atoms with Gasteiger partial charge in [-0.15, -0.1) is 5.10 Å². The van der Waals surface area contributed by atoms with Gasteiger partial charge in [0.05, 0.1) is 0 Å². The fraction of sp³-hybridized carbons (Fsp3) is 0.500. The lowest BCUT2D eigenvalue weighted by atomic mass is 10.4. The third-order valence-electron chi connectivity index (χ3n) is 2.10. The van der Waals surface area contributed by atoms with Crippen molar-refractivity contribution in [2.24, 2.45) is 0 Å². The molecule has 0 atom stereocenters. The Morgan fingerprint density at radius 3 is 2.79 bits per heavy atom.